The lowest BCUT2D eigenvalue weighted by atomic mass is 9.69. The summed E-state index contributed by atoms with van der Waals surface area (Å²) in [7, 11) is 0. The molecular weight excluding hydrogens is 248 g/mol. The molecule has 3 heteroatoms. The van der Waals surface area contributed by atoms with Crippen molar-refractivity contribution in [3.8, 4) is 11.5 Å². The van der Waals surface area contributed by atoms with Crippen LogP contribution in [-0.4, -0.2) is 29.5 Å². The van der Waals surface area contributed by atoms with E-state index in [1.807, 2.05) is 12.1 Å². The van der Waals surface area contributed by atoms with Crippen molar-refractivity contribution in [2.75, 3.05) is 19.6 Å². The van der Waals surface area contributed by atoms with E-state index in [0.717, 1.165) is 11.5 Å². The van der Waals surface area contributed by atoms with Gasteiger partial charge < -0.3 is 9.32 Å². The Kier molecular flexibility index (Phi) is 2.88. The Balaban J connectivity index is 1.65. The fourth-order valence-electron chi connectivity index (χ4n) is 3.92. The zero-order chi connectivity index (χ0) is 13.4. The highest BCUT2D eigenvalue weighted by Gasteiger charge is 2.39. The molecule has 104 valence electrons. The van der Waals surface area contributed by atoms with Crippen molar-refractivity contribution >= 4 is 0 Å². The number of nitrogens with zero attached hydrogens (tertiary/aromatic N) is 2. The summed E-state index contributed by atoms with van der Waals surface area (Å²) in [6.45, 7) is 3.77. The van der Waals surface area contributed by atoms with E-state index < -0.39 is 0 Å². The van der Waals surface area contributed by atoms with E-state index >= 15 is 0 Å². The molecule has 2 aromatic rings. The van der Waals surface area contributed by atoms with Gasteiger partial charge >= 0.3 is 0 Å². The van der Waals surface area contributed by atoms with Crippen LogP contribution < -0.4 is 0 Å². The summed E-state index contributed by atoms with van der Waals surface area (Å²) in [5.74, 6) is 0.850. The molecular formula is C17H20N2O. The Morgan fingerprint density at radius 2 is 1.95 bits per heavy atom. The van der Waals surface area contributed by atoms with Gasteiger partial charge in [0.05, 0.1) is 6.26 Å². The number of hydrogen-bond donors (Lipinski definition) is 0. The van der Waals surface area contributed by atoms with Gasteiger partial charge in [-0.3, -0.25) is 4.98 Å². The molecule has 4 rings (SSSR count). The molecule has 20 heavy (non-hydrogen) atoms. The predicted octanol–water partition coefficient (Wildman–Crippen LogP) is 3.47. The molecule has 0 amide bonds. The average molecular weight is 268 g/mol. The topological polar surface area (TPSA) is 29.3 Å². The highest BCUT2D eigenvalue weighted by molar-refractivity contribution is 5.52. The highest BCUT2D eigenvalue weighted by atomic mass is 16.3. The van der Waals surface area contributed by atoms with Crippen LogP contribution in [0.4, 0.5) is 0 Å². The van der Waals surface area contributed by atoms with Gasteiger partial charge in [0, 0.05) is 18.2 Å². The van der Waals surface area contributed by atoms with Crippen molar-refractivity contribution in [2.24, 2.45) is 0 Å². The van der Waals surface area contributed by atoms with Crippen LogP contribution in [0.2, 0.25) is 0 Å². The fourth-order valence-corrected chi connectivity index (χ4v) is 3.92. The molecule has 2 bridgehead atoms. The number of rotatable bonds is 2. The van der Waals surface area contributed by atoms with Gasteiger partial charge in [-0.05, 0) is 62.5 Å². The highest BCUT2D eigenvalue weighted by Crippen LogP contribution is 2.41. The molecule has 0 aromatic carbocycles. The van der Waals surface area contributed by atoms with Crippen LogP contribution in [0.25, 0.3) is 11.5 Å². The number of pyridine rings is 1. The standard InChI is InChI=1S/C17H20N2O/c1-4-16(20-11-1)15-6-5-14(12-18-15)17-7-2-9-19(13-17)10-3-8-17/h1,4-6,11-12H,2-3,7-10,13H2. The summed E-state index contributed by atoms with van der Waals surface area (Å²) in [6, 6.07) is 8.24. The Hall–Kier alpha value is -1.61. The Bertz CT molecular complexity index is 564. The molecule has 0 N–H and O–H groups in total. The summed E-state index contributed by atoms with van der Waals surface area (Å²) in [4.78, 5) is 7.24. The zero-order valence-electron chi connectivity index (χ0n) is 11.7. The third-order valence-corrected chi connectivity index (χ3v) is 4.94. The monoisotopic (exact) mass is 268 g/mol. The maximum atomic E-state index is 5.41. The Labute approximate surface area is 119 Å². The SMILES string of the molecule is c1coc(-c2ccc(C34CCCN(CCC3)C4)cn2)c1. The molecule has 2 aliphatic heterocycles. The second kappa shape index (κ2) is 4.74. The average Bonchev–Trinajstić information content (AvgIpc) is 3.02. The first-order valence-electron chi connectivity index (χ1n) is 7.59. The van der Waals surface area contributed by atoms with E-state index in [0.29, 0.717) is 5.41 Å². The number of aromatic nitrogens is 1. The van der Waals surface area contributed by atoms with Crippen molar-refractivity contribution in [3.05, 3.63) is 42.3 Å². The Morgan fingerprint density at radius 3 is 2.60 bits per heavy atom. The quantitative estimate of drug-likeness (QED) is 0.835. The number of piperidine rings is 2. The molecule has 2 aliphatic rings. The molecule has 0 atom stereocenters. The summed E-state index contributed by atoms with van der Waals surface area (Å²) < 4.78 is 5.41. The third kappa shape index (κ3) is 1.97. The van der Waals surface area contributed by atoms with Gasteiger partial charge in [0.25, 0.3) is 0 Å². The Morgan fingerprint density at radius 1 is 1.10 bits per heavy atom. The number of hydrogen-bond acceptors (Lipinski definition) is 3. The first-order valence-corrected chi connectivity index (χ1v) is 7.59. The molecule has 4 heterocycles. The van der Waals surface area contributed by atoms with Gasteiger partial charge in [0.1, 0.15) is 5.69 Å². The third-order valence-electron chi connectivity index (χ3n) is 4.94. The molecule has 0 aliphatic carbocycles. The van der Waals surface area contributed by atoms with Crippen LogP contribution in [0.15, 0.2) is 41.1 Å². The number of fused-ring (bicyclic) bond motifs is 2. The van der Waals surface area contributed by atoms with E-state index in [-0.39, 0.29) is 0 Å². The van der Waals surface area contributed by atoms with Gasteiger partial charge in [-0.1, -0.05) is 6.07 Å². The van der Waals surface area contributed by atoms with Crippen LogP contribution in [-0.2, 0) is 5.41 Å². The van der Waals surface area contributed by atoms with Crippen LogP contribution in [0.5, 0.6) is 0 Å². The smallest absolute Gasteiger partial charge is 0.152 e. The van der Waals surface area contributed by atoms with Crippen molar-refractivity contribution in [1.29, 1.82) is 0 Å². The second-order valence-electron chi connectivity index (χ2n) is 6.17. The molecule has 0 spiro atoms. The van der Waals surface area contributed by atoms with Gasteiger partial charge in [-0.2, -0.15) is 0 Å². The lowest BCUT2D eigenvalue weighted by Gasteiger charge is -2.47. The molecule has 2 aromatic heterocycles. The van der Waals surface area contributed by atoms with Gasteiger partial charge in [0.15, 0.2) is 5.76 Å². The first-order chi connectivity index (χ1) is 9.86. The molecule has 2 fully saturated rings. The van der Waals surface area contributed by atoms with E-state index in [9.17, 15) is 0 Å². The largest absolute Gasteiger partial charge is 0.463 e. The van der Waals surface area contributed by atoms with E-state index in [1.54, 1.807) is 6.26 Å². The summed E-state index contributed by atoms with van der Waals surface area (Å²) >= 11 is 0. The first kappa shape index (κ1) is 12.2. The second-order valence-corrected chi connectivity index (χ2v) is 6.17. The van der Waals surface area contributed by atoms with E-state index in [1.165, 1.54) is 50.9 Å². The predicted molar refractivity (Wildman–Crippen MR) is 78.5 cm³/mol. The van der Waals surface area contributed by atoms with E-state index in [2.05, 4.69) is 28.2 Å². The molecule has 0 radical (unpaired) electrons. The normalized spacial score (nSPS) is 29.3. The maximum Gasteiger partial charge on any atom is 0.152 e. The lowest BCUT2D eigenvalue weighted by molar-refractivity contribution is 0.0941. The maximum absolute atomic E-state index is 5.41. The van der Waals surface area contributed by atoms with Gasteiger partial charge in [-0.15, -0.1) is 0 Å². The molecule has 0 saturated carbocycles. The molecule has 2 saturated heterocycles. The van der Waals surface area contributed by atoms with Crippen molar-refractivity contribution < 1.29 is 4.42 Å². The van der Waals surface area contributed by atoms with Crippen molar-refractivity contribution in [2.45, 2.75) is 31.1 Å². The van der Waals surface area contributed by atoms with Crippen molar-refractivity contribution in [1.82, 2.24) is 9.88 Å². The van der Waals surface area contributed by atoms with Crippen molar-refractivity contribution in [3.63, 3.8) is 0 Å². The lowest BCUT2D eigenvalue weighted by Crippen LogP contribution is -2.50. The minimum Gasteiger partial charge on any atom is -0.463 e. The minimum atomic E-state index is 0.352. The molecule has 3 nitrogen and oxygen atoms in total. The van der Waals surface area contributed by atoms with Crippen LogP contribution in [0.1, 0.15) is 31.2 Å². The van der Waals surface area contributed by atoms with Crippen LogP contribution in [0.3, 0.4) is 0 Å². The van der Waals surface area contributed by atoms with E-state index in [4.69, 9.17) is 4.42 Å². The summed E-state index contributed by atoms with van der Waals surface area (Å²) in [5, 5.41) is 0. The zero-order valence-corrected chi connectivity index (χ0v) is 11.7. The van der Waals surface area contributed by atoms with Gasteiger partial charge in [0.2, 0.25) is 0 Å². The van der Waals surface area contributed by atoms with Crippen LogP contribution >= 0.6 is 0 Å². The minimum absolute atomic E-state index is 0.352. The summed E-state index contributed by atoms with van der Waals surface area (Å²) in [5.41, 5.74) is 2.70. The fraction of sp³-hybridized carbons (Fsp3) is 0.471. The molecule has 0 unspecified atom stereocenters. The number of furan rings is 1. The van der Waals surface area contributed by atoms with Gasteiger partial charge in [-0.25, -0.2) is 0 Å². The van der Waals surface area contributed by atoms with Crippen LogP contribution in [0, 0.1) is 0 Å². The summed E-state index contributed by atoms with van der Waals surface area (Å²) in [6.07, 6.45) is 9.03.